The molecule has 0 spiro atoms. The molecule has 0 bridgehead atoms. The molecule has 1 saturated carbocycles. The summed E-state index contributed by atoms with van der Waals surface area (Å²) in [5, 5.41) is 7.03. The lowest BCUT2D eigenvalue weighted by atomic mass is 9.61. The average Bonchev–Trinajstić information content (AvgIpc) is 3.42. The Hall–Kier alpha value is -2.94. The van der Waals surface area contributed by atoms with E-state index in [1.807, 2.05) is 47.0 Å². The fourth-order valence-electron chi connectivity index (χ4n) is 6.70. The van der Waals surface area contributed by atoms with Gasteiger partial charge in [0.15, 0.2) is 5.11 Å². The number of thiocarbonyl (C=S) groups is 1. The van der Waals surface area contributed by atoms with Gasteiger partial charge in [-0.05, 0) is 67.9 Å². The summed E-state index contributed by atoms with van der Waals surface area (Å²) in [6.45, 7) is 3.95. The van der Waals surface area contributed by atoms with Gasteiger partial charge in [0, 0.05) is 57.6 Å². The van der Waals surface area contributed by atoms with Gasteiger partial charge < -0.3 is 24.8 Å². The van der Waals surface area contributed by atoms with E-state index in [9.17, 15) is 9.59 Å². The largest absolute Gasteiger partial charge is 0.497 e. The second-order valence-electron chi connectivity index (χ2n) is 11.8. The molecule has 1 aromatic heterocycles. The van der Waals surface area contributed by atoms with Gasteiger partial charge in [-0.3, -0.25) is 9.59 Å². The number of carbonyl (C=O) groups is 2. The highest BCUT2D eigenvalue weighted by atomic mass is 32.1. The molecular formula is C32H47N5O3S. The van der Waals surface area contributed by atoms with Gasteiger partial charge in [-0.25, -0.2) is 4.98 Å². The van der Waals surface area contributed by atoms with Crippen molar-refractivity contribution in [3.05, 3.63) is 48.0 Å². The van der Waals surface area contributed by atoms with Crippen molar-refractivity contribution in [1.29, 1.82) is 0 Å². The number of ether oxygens (including phenoxy) is 1. The van der Waals surface area contributed by atoms with Crippen molar-refractivity contribution >= 4 is 29.0 Å². The van der Waals surface area contributed by atoms with Crippen LogP contribution in [0.1, 0.15) is 76.0 Å². The predicted molar refractivity (Wildman–Crippen MR) is 166 cm³/mol. The average molecular weight is 582 g/mol. The van der Waals surface area contributed by atoms with E-state index >= 15 is 0 Å². The van der Waals surface area contributed by atoms with Crippen LogP contribution in [0.5, 0.6) is 5.75 Å². The minimum absolute atomic E-state index is 0.0369. The first-order chi connectivity index (χ1) is 19.8. The number of ketones is 1. The molecule has 1 aliphatic carbocycles. The van der Waals surface area contributed by atoms with E-state index < -0.39 is 6.04 Å². The number of rotatable bonds is 12. The van der Waals surface area contributed by atoms with Crippen LogP contribution >= 0.6 is 12.2 Å². The highest BCUT2D eigenvalue weighted by Crippen LogP contribution is 2.47. The number of aryl methyl sites for hydroxylation is 1. The molecule has 2 aliphatic rings. The summed E-state index contributed by atoms with van der Waals surface area (Å²) >= 11 is 5.63. The number of imidazole rings is 1. The van der Waals surface area contributed by atoms with E-state index in [4.69, 9.17) is 17.0 Å². The molecule has 41 heavy (non-hydrogen) atoms. The van der Waals surface area contributed by atoms with Gasteiger partial charge in [-0.15, -0.1) is 0 Å². The Morgan fingerprint density at radius 1 is 1.15 bits per heavy atom. The van der Waals surface area contributed by atoms with Crippen LogP contribution in [0.2, 0.25) is 0 Å². The normalized spacial score (nSPS) is 18.0. The van der Waals surface area contributed by atoms with Crippen LogP contribution in [-0.2, 0) is 29.5 Å². The van der Waals surface area contributed by atoms with Crippen molar-refractivity contribution in [1.82, 2.24) is 25.1 Å². The van der Waals surface area contributed by atoms with E-state index in [-0.39, 0.29) is 11.3 Å². The Labute approximate surface area is 250 Å². The maximum Gasteiger partial charge on any atom is 0.245 e. The molecular weight excluding hydrogens is 534 g/mol. The number of piperidine rings is 1. The fourth-order valence-corrected chi connectivity index (χ4v) is 6.94. The number of amides is 1. The van der Waals surface area contributed by atoms with Crippen LogP contribution in [0.25, 0.3) is 0 Å². The number of Topliss-reactive ketones (excluding diaryl/α,β-unsaturated/α-hetero) is 1. The van der Waals surface area contributed by atoms with E-state index in [2.05, 4.69) is 22.5 Å². The zero-order valence-corrected chi connectivity index (χ0v) is 25.8. The SMILES string of the molecule is CCCC(=O)C1(C2CCCCC2)CCN(C(=O)[C@@H](Cc2ccc(OC)cc2)NC(=S)NCCc2cn(C)cn2)CC1. The molecule has 0 unspecified atom stereocenters. The quantitative estimate of drug-likeness (QED) is 0.354. The Morgan fingerprint density at radius 2 is 1.85 bits per heavy atom. The van der Waals surface area contributed by atoms with Crippen LogP contribution in [0.4, 0.5) is 0 Å². The second-order valence-corrected chi connectivity index (χ2v) is 12.2. The molecule has 0 radical (unpaired) electrons. The number of nitrogens with zero attached hydrogens (tertiary/aromatic N) is 3. The number of carbonyl (C=O) groups excluding carboxylic acids is 2. The van der Waals surface area contributed by atoms with Crippen molar-refractivity contribution in [2.45, 2.75) is 83.6 Å². The van der Waals surface area contributed by atoms with Gasteiger partial charge in [0.1, 0.15) is 17.6 Å². The maximum atomic E-state index is 14.0. The van der Waals surface area contributed by atoms with E-state index in [0.717, 1.165) is 55.5 Å². The van der Waals surface area contributed by atoms with Crippen LogP contribution in [0.3, 0.4) is 0 Å². The van der Waals surface area contributed by atoms with Crippen LogP contribution in [-0.4, -0.2) is 64.0 Å². The van der Waals surface area contributed by atoms with Crippen LogP contribution in [0.15, 0.2) is 36.8 Å². The Kier molecular flexibility index (Phi) is 11.2. The first-order valence-electron chi connectivity index (χ1n) is 15.3. The molecule has 1 amide bonds. The number of nitrogens with one attached hydrogen (secondary N) is 2. The van der Waals surface area contributed by atoms with E-state index in [0.29, 0.717) is 49.3 Å². The third kappa shape index (κ3) is 8.09. The molecule has 1 aromatic carbocycles. The fraction of sp³-hybridized carbons (Fsp3) is 0.625. The molecule has 2 fully saturated rings. The standard InChI is InChI=1S/C32H47N5O3S/c1-4-8-29(38)32(25-9-6-5-7-10-25)16-19-37(20-17-32)30(39)28(21-24-11-13-27(40-3)14-12-24)35-31(41)33-18-15-26-22-36(2)23-34-26/h11-14,22-23,25,28H,4-10,15-21H2,1-3H3,(H2,33,35,41)/t28-/m1/s1. The molecule has 1 atom stereocenters. The summed E-state index contributed by atoms with van der Waals surface area (Å²) in [5.41, 5.74) is 1.75. The molecule has 1 aliphatic heterocycles. The van der Waals surface area contributed by atoms with Gasteiger partial charge in [0.2, 0.25) is 5.91 Å². The molecule has 2 N–H and O–H groups in total. The van der Waals surface area contributed by atoms with Crippen molar-refractivity contribution < 1.29 is 14.3 Å². The Bertz CT molecular complexity index is 1150. The molecule has 4 rings (SSSR count). The first kappa shape index (κ1) is 31.0. The van der Waals surface area contributed by atoms with E-state index in [1.165, 1.54) is 19.3 Å². The third-order valence-corrected chi connectivity index (χ3v) is 9.28. The lowest BCUT2D eigenvalue weighted by Gasteiger charge is -2.47. The Balaban J connectivity index is 1.43. The number of aromatic nitrogens is 2. The van der Waals surface area contributed by atoms with Gasteiger partial charge in [-0.2, -0.15) is 0 Å². The van der Waals surface area contributed by atoms with E-state index in [1.54, 1.807) is 13.4 Å². The number of likely N-dealkylation sites (tertiary alicyclic amines) is 1. The first-order valence-corrected chi connectivity index (χ1v) is 15.7. The van der Waals surface area contributed by atoms with Crippen LogP contribution < -0.4 is 15.4 Å². The topological polar surface area (TPSA) is 88.5 Å². The van der Waals surface area contributed by atoms with Gasteiger partial charge >= 0.3 is 0 Å². The lowest BCUT2D eigenvalue weighted by Crippen LogP contribution is -2.56. The van der Waals surface area contributed by atoms with Crippen molar-refractivity contribution in [3.8, 4) is 5.75 Å². The summed E-state index contributed by atoms with van der Waals surface area (Å²) in [4.78, 5) is 33.8. The monoisotopic (exact) mass is 581 g/mol. The molecule has 8 nitrogen and oxygen atoms in total. The summed E-state index contributed by atoms with van der Waals surface area (Å²) in [6.07, 6.45) is 14.1. The van der Waals surface area contributed by atoms with Gasteiger partial charge in [-0.1, -0.05) is 38.3 Å². The molecule has 224 valence electrons. The molecule has 2 heterocycles. The van der Waals surface area contributed by atoms with Crippen molar-refractivity contribution in [3.63, 3.8) is 0 Å². The number of benzene rings is 1. The number of hydrogen-bond donors (Lipinski definition) is 2. The smallest absolute Gasteiger partial charge is 0.245 e. The zero-order valence-electron chi connectivity index (χ0n) is 25.0. The summed E-state index contributed by atoms with van der Waals surface area (Å²) in [6, 6.07) is 7.31. The maximum absolute atomic E-state index is 14.0. The lowest BCUT2D eigenvalue weighted by molar-refractivity contribution is -0.144. The summed E-state index contributed by atoms with van der Waals surface area (Å²) in [5.74, 6) is 1.69. The number of hydrogen-bond acceptors (Lipinski definition) is 5. The third-order valence-electron chi connectivity index (χ3n) is 9.01. The zero-order chi connectivity index (χ0) is 29.2. The van der Waals surface area contributed by atoms with Crippen molar-refractivity contribution in [2.75, 3.05) is 26.7 Å². The second kappa shape index (κ2) is 14.8. The van der Waals surface area contributed by atoms with Gasteiger partial charge in [0.25, 0.3) is 0 Å². The van der Waals surface area contributed by atoms with Gasteiger partial charge in [0.05, 0.1) is 19.1 Å². The Morgan fingerprint density at radius 3 is 2.46 bits per heavy atom. The van der Waals surface area contributed by atoms with Crippen LogP contribution in [0, 0.1) is 11.3 Å². The molecule has 9 heteroatoms. The molecule has 1 saturated heterocycles. The number of methoxy groups -OCH3 is 1. The predicted octanol–water partition coefficient (Wildman–Crippen LogP) is 4.60. The van der Waals surface area contributed by atoms with Crippen molar-refractivity contribution in [2.24, 2.45) is 18.4 Å². The summed E-state index contributed by atoms with van der Waals surface area (Å²) < 4.78 is 7.24. The minimum atomic E-state index is -0.508. The highest BCUT2D eigenvalue weighted by molar-refractivity contribution is 7.80. The molecule has 2 aromatic rings. The summed E-state index contributed by atoms with van der Waals surface area (Å²) in [7, 11) is 3.60. The minimum Gasteiger partial charge on any atom is -0.497 e. The highest BCUT2D eigenvalue weighted by Gasteiger charge is 2.47.